The molecule has 7 nitrogen and oxygen atoms in total. The first-order valence-electron chi connectivity index (χ1n) is 9.39. The summed E-state index contributed by atoms with van der Waals surface area (Å²) in [5, 5.41) is 20.3. The van der Waals surface area contributed by atoms with Gasteiger partial charge in [-0.15, -0.1) is 0 Å². The summed E-state index contributed by atoms with van der Waals surface area (Å²) in [5.74, 6) is 0.396. The van der Waals surface area contributed by atoms with Gasteiger partial charge in [0.1, 0.15) is 11.9 Å². The maximum atomic E-state index is 14.5. The molecule has 4 heterocycles. The van der Waals surface area contributed by atoms with Crippen molar-refractivity contribution in [1.82, 2.24) is 25.5 Å². The van der Waals surface area contributed by atoms with E-state index in [0.717, 1.165) is 24.0 Å². The van der Waals surface area contributed by atoms with Crippen LogP contribution < -0.4 is 10.1 Å². The van der Waals surface area contributed by atoms with Crippen LogP contribution >= 0.6 is 0 Å². The number of halogens is 1. The standard InChI is InChI=1S/C20H20FN5O2/c21-20-15-4-2-13(26-15)6-18(20)28-19-10-22-16(9-23-19)14-3-1-11(5-17(14)27)12-7-24-25-8-12/h1,3,5,7-10,13,15,18,20,26-27H,2,4,6H2,(H,24,25)/t13?,15?,18-,20-/m0/s1. The Hall–Kier alpha value is -3.00. The number of aromatic amines is 1. The van der Waals surface area contributed by atoms with Gasteiger partial charge in [-0.1, -0.05) is 6.07 Å². The molecule has 2 aromatic heterocycles. The number of aromatic hydroxyl groups is 1. The lowest BCUT2D eigenvalue weighted by molar-refractivity contribution is 0.0425. The van der Waals surface area contributed by atoms with Crippen LogP contribution in [-0.2, 0) is 0 Å². The van der Waals surface area contributed by atoms with Crippen molar-refractivity contribution >= 4 is 0 Å². The van der Waals surface area contributed by atoms with Gasteiger partial charge in [-0.25, -0.2) is 14.4 Å². The van der Waals surface area contributed by atoms with Crippen LogP contribution in [0.25, 0.3) is 22.4 Å². The third-order valence-electron chi connectivity index (χ3n) is 5.54. The number of piperidine rings is 1. The first kappa shape index (κ1) is 17.1. The molecule has 0 radical (unpaired) electrons. The Kier molecular flexibility index (Phi) is 4.20. The van der Waals surface area contributed by atoms with Crippen LogP contribution in [0.5, 0.6) is 11.6 Å². The van der Waals surface area contributed by atoms with Crippen LogP contribution in [0.4, 0.5) is 4.39 Å². The van der Waals surface area contributed by atoms with Crippen molar-refractivity contribution in [1.29, 1.82) is 0 Å². The highest BCUT2D eigenvalue weighted by atomic mass is 19.1. The monoisotopic (exact) mass is 381 g/mol. The van der Waals surface area contributed by atoms with Gasteiger partial charge in [-0.3, -0.25) is 5.10 Å². The molecule has 5 rings (SSSR count). The Morgan fingerprint density at radius 1 is 1.11 bits per heavy atom. The van der Waals surface area contributed by atoms with E-state index in [1.54, 1.807) is 24.5 Å². The van der Waals surface area contributed by atoms with E-state index >= 15 is 0 Å². The van der Waals surface area contributed by atoms with Gasteiger partial charge in [-0.2, -0.15) is 5.10 Å². The smallest absolute Gasteiger partial charge is 0.232 e. The number of nitrogens with one attached hydrogen (secondary N) is 2. The fourth-order valence-electron chi connectivity index (χ4n) is 4.08. The summed E-state index contributed by atoms with van der Waals surface area (Å²) in [6.07, 6.45) is 7.39. The van der Waals surface area contributed by atoms with E-state index in [0.29, 0.717) is 29.6 Å². The number of phenols is 1. The minimum absolute atomic E-state index is 0.0976. The minimum Gasteiger partial charge on any atom is -0.507 e. The highest BCUT2D eigenvalue weighted by Crippen LogP contribution is 2.33. The van der Waals surface area contributed by atoms with Crippen LogP contribution in [0, 0.1) is 0 Å². The number of rotatable bonds is 4. The van der Waals surface area contributed by atoms with Crippen molar-refractivity contribution in [3.05, 3.63) is 43.0 Å². The second kappa shape index (κ2) is 6.87. The summed E-state index contributed by atoms with van der Waals surface area (Å²) >= 11 is 0. The third-order valence-corrected chi connectivity index (χ3v) is 5.54. The molecule has 144 valence electrons. The Labute approximate surface area is 161 Å². The molecule has 8 heteroatoms. The van der Waals surface area contributed by atoms with Gasteiger partial charge in [0, 0.05) is 35.8 Å². The van der Waals surface area contributed by atoms with Gasteiger partial charge in [-0.05, 0) is 30.5 Å². The average Bonchev–Trinajstić information content (AvgIpc) is 3.37. The second-order valence-corrected chi connectivity index (χ2v) is 7.34. The van der Waals surface area contributed by atoms with E-state index in [1.165, 1.54) is 12.4 Å². The highest BCUT2D eigenvalue weighted by Gasteiger charge is 2.43. The third kappa shape index (κ3) is 3.09. The lowest BCUT2D eigenvalue weighted by Gasteiger charge is -2.32. The molecule has 0 aliphatic carbocycles. The van der Waals surface area contributed by atoms with Gasteiger partial charge in [0.05, 0.1) is 24.3 Å². The van der Waals surface area contributed by atoms with Gasteiger partial charge < -0.3 is 15.2 Å². The largest absolute Gasteiger partial charge is 0.507 e. The lowest BCUT2D eigenvalue weighted by Crippen LogP contribution is -2.51. The zero-order valence-electron chi connectivity index (χ0n) is 15.0. The predicted molar refractivity (Wildman–Crippen MR) is 101 cm³/mol. The highest BCUT2D eigenvalue weighted by molar-refractivity contribution is 5.73. The van der Waals surface area contributed by atoms with Crippen LogP contribution in [0.2, 0.25) is 0 Å². The molecule has 3 aromatic rings. The van der Waals surface area contributed by atoms with E-state index in [4.69, 9.17) is 4.74 Å². The molecule has 3 N–H and O–H groups in total. The van der Waals surface area contributed by atoms with Crippen LogP contribution in [0.1, 0.15) is 19.3 Å². The summed E-state index contributed by atoms with van der Waals surface area (Å²) in [7, 11) is 0. The van der Waals surface area contributed by atoms with Crippen molar-refractivity contribution in [3.8, 4) is 34.0 Å². The number of benzene rings is 1. The number of fused-ring (bicyclic) bond motifs is 2. The summed E-state index contributed by atoms with van der Waals surface area (Å²) < 4.78 is 20.3. The first-order chi connectivity index (χ1) is 13.7. The van der Waals surface area contributed by atoms with Gasteiger partial charge >= 0.3 is 0 Å². The number of alkyl halides is 1. The molecule has 2 unspecified atom stereocenters. The normalized spacial score (nSPS) is 26.3. The minimum atomic E-state index is -1.04. The van der Waals surface area contributed by atoms with Gasteiger partial charge in [0.15, 0.2) is 6.17 Å². The quantitative estimate of drug-likeness (QED) is 0.643. The van der Waals surface area contributed by atoms with E-state index in [9.17, 15) is 9.50 Å². The van der Waals surface area contributed by atoms with Gasteiger partial charge in [0.25, 0.3) is 0 Å². The van der Waals surface area contributed by atoms with Gasteiger partial charge in [0.2, 0.25) is 5.88 Å². The zero-order chi connectivity index (χ0) is 19.1. The van der Waals surface area contributed by atoms with Crippen LogP contribution in [0.15, 0.2) is 43.0 Å². The number of hydrogen-bond donors (Lipinski definition) is 3. The molecular weight excluding hydrogens is 361 g/mol. The summed E-state index contributed by atoms with van der Waals surface area (Å²) in [4.78, 5) is 8.61. The second-order valence-electron chi connectivity index (χ2n) is 7.34. The molecule has 2 saturated heterocycles. The molecule has 0 amide bonds. The Morgan fingerprint density at radius 2 is 2.04 bits per heavy atom. The maximum absolute atomic E-state index is 14.5. The summed E-state index contributed by atoms with van der Waals surface area (Å²) in [6.45, 7) is 0. The van der Waals surface area contributed by atoms with Crippen molar-refractivity contribution < 1.29 is 14.2 Å². The van der Waals surface area contributed by atoms with Crippen molar-refractivity contribution in [2.24, 2.45) is 0 Å². The number of ether oxygens (including phenoxy) is 1. The van der Waals surface area contributed by atoms with Crippen LogP contribution in [-0.4, -0.2) is 49.6 Å². The molecule has 2 bridgehead atoms. The predicted octanol–water partition coefficient (Wildman–Crippen LogP) is 2.85. The van der Waals surface area contributed by atoms with E-state index in [-0.39, 0.29) is 11.8 Å². The molecule has 28 heavy (non-hydrogen) atoms. The number of phenolic OH excluding ortho intramolecular Hbond substituents is 1. The number of aromatic nitrogens is 4. The topological polar surface area (TPSA) is 96.0 Å². The molecule has 0 saturated carbocycles. The Balaban J connectivity index is 1.32. The lowest BCUT2D eigenvalue weighted by atomic mass is 10.0. The average molecular weight is 381 g/mol. The Bertz CT molecular complexity index is 963. The van der Waals surface area contributed by atoms with E-state index < -0.39 is 12.3 Å². The zero-order valence-corrected chi connectivity index (χ0v) is 15.0. The van der Waals surface area contributed by atoms with E-state index in [1.807, 2.05) is 6.07 Å². The van der Waals surface area contributed by atoms with Crippen LogP contribution in [0.3, 0.4) is 0 Å². The first-order valence-corrected chi connectivity index (χ1v) is 9.39. The Morgan fingerprint density at radius 3 is 2.79 bits per heavy atom. The number of H-pyrrole nitrogens is 1. The molecule has 2 aliphatic heterocycles. The van der Waals surface area contributed by atoms with Crippen molar-refractivity contribution in [2.75, 3.05) is 0 Å². The molecule has 4 atom stereocenters. The van der Waals surface area contributed by atoms with Crippen molar-refractivity contribution in [3.63, 3.8) is 0 Å². The fourth-order valence-corrected chi connectivity index (χ4v) is 4.08. The molecule has 2 fully saturated rings. The number of nitrogens with zero attached hydrogens (tertiary/aromatic N) is 3. The summed E-state index contributed by atoms with van der Waals surface area (Å²) in [5.41, 5.74) is 2.81. The summed E-state index contributed by atoms with van der Waals surface area (Å²) in [6, 6.07) is 5.51. The SMILES string of the molecule is Oc1cc(-c2cn[nH]c2)ccc1-c1cnc(O[C@H]2CC3CCC(N3)[C@@H]2F)cn1. The molecule has 0 spiro atoms. The van der Waals surface area contributed by atoms with Crippen molar-refractivity contribution in [2.45, 2.75) is 43.6 Å². The fraction of sp³-hybridized carbons (Fsp3) is 0.350. The molecular formula is C20H20FN5O2. The maximum Gasteiger partial charge on any atom is 0.232 e. The molecule has 1 aromatic carbocycles. The molecule has 2 aliphatic rings. The van der Waals surface area contributed by atoms with E-state index in [2.05, 4.69) is 25.5 Å². The number of hydrogen-bond acceptors (Lipinski definition) is 6.